The zero-order valence-electron chi connectivity index (χ0n) is 10.5. The molecule has 2 aromatic heterocycles. The molecule has 0 aliphatic carbocycles. The maximum absolute atomic E-state index is 11.8. The number of amides is 1. The number of carbonyl (C=O) groups excluding carboxylic acids is 1. The van der Waals surface area contributed by atoms with Crippen LogP contribution in [0, 0.1) is 0 Å². The monoisotopic (exact) mass is 330 g/mol. The van der Waals surface area contributed by atoms with E-state index in [4.69, 9.17) is 16.0 Å². The van der Waals surface area contributed by atoms with Crippen molar-refractivity contribution in [2.45, 2.75) is 11.0 Å². The SMILES string of the molecule is CSCc1nnc(SCC(=O)Nc2cccnc2Cl)o1. The van der Waals surface area contributed by atoms with E-state index in [-0.39, 0.29) is 16.8 Å². The summed E-state index contributed by atoms with van der Waals surface area (Å²) < 4.78 is 5.35. The minimum absolute atomic E-state index is 0.159. The van der Waals surface area contributed by atoms with E-state index in [2.05, 4.69) is 20.5 Å². The van der Waals surface area contributed by atoms with Gasteiger partial charge in [0.05, 0.1) is 17.2 Å². The van der Waals surface area contributed by atoms with Gasteiger partial charge >= 0.3 is 0 Å². The van der Waals surface area contributed by atoms with Gasteiger partial charge in [-0.2, -0.15) is 11.8 Å². The third-order valence-electron chi connectivity index (χ3n) is 2.08. The number of nitrogens with zero attached hydrogens (tertiary/aromatic N) is 3. The summed E-state index contributed by atoms with van der Waals surface area (Å²) in [6, 6.07) is 3.38. The molecule has 0 bridgehead atoms. The van der Waals surface area contributed by atoms with Crippen LogP contribution in [0.1, 0.15) is 5.89 Å². The summed E-state index contributed by atoms with van der Waals surface area (Å²) in [4.78, 5) is 15.6. The molecule has 0 saturated carbocycles. The number of halogens is 1. The quantitative estimate of drug-likeness (QED) is 0.644. The van der Waals surface area contributed by atoms with Gasteiger partial charge in [0.1, 0.15) is 0 Å². The molecule has 20 heavy (non-hydrogen) atoms. The van der Waals surface area contributed by atoms with Crippen LogP contribution in [-0.2, 0) is 10.5 Å². The summed E-state index contributed by atoms with van der Waals surface area (Å²) in [5, 5.41) is 11.0. The molecule has 0 saturated heterocycles. The number of aromatic nitrogens is 3. The Bertz CT molecular complexity index is 593. The van der Waals surface area contributed by atoms with Crippen LogP contribution in [0.15, 0.2) is 28.0 Å². The second-order valence-corrected chi connectivity index (χ2v) is 5.72. The highest BCUT2D eigenvalue weighted by Crippen LogP contribution is 2.20. The summed E-state index contributed by atoms with van der Waals surface area (Å²) in [5.74, 6) is 1.15. The number of anilines is 1. The van der Waals surface area contributed by atoms with E-state index in [0.717, 1.165) is 0 Å². The highest BCUT2D eigenvalue weighted by molar-refractivity contribution is 7.99. The average Bonchev–Trinajstić information content (AvgIpc) is 2.87. The highest BCUT2D eigenvalue weighted by atomic mass is 35.5. The van der Waals surface area contributed by atoms with Crippen molar-refractivity contribution in [3.05, 3.63) is 29.4 Å². The van der Waals surface area contributed by atoms with Gasteiger partial charge in [-0.25, -0.2) is 4.98 Å². The van der Waals surface area contributed by atoms with Crippen molar-refractivity contribution in [2.24, 2.45) is 0 Å². The third kappa shape index (κ3) is 4.39. The van der Waals surface area contributed by atoms with Crippen LogP contribution in [0.4, 0.5) is 5.69 Å². The van der Waals surface area contributed by atoms with E-state index in [1.54, 1.807) is 30.1 Å². The van der Waals surface area contributed by atoms with Crippen molar-refractivity contribution < 1.29 is 9.21 Å². The second kappa shape index (κ2) is 7.51. The van der Waals surface area contributed by atoms with Crippen LogP contribution in [0.5, 0.6) is 0 Å². The predicted octanol–water partition coefficient (Wildman–Crippen LogP) is 2.71. The molecular formula is C11H11ClN4O2S2. The van der Waals surface area contributed by atoms with Gasteiger partial charge in [-0.1, -0.05) is 23.4 Å². The molecule has 0 unspecified atom stereocenters. The van der Waals surface area contributed by atoms with Gasteiger partial charge in [0.2, 0.25) is 11.8 Å². The van der Waals surface area contributed by atoms with E-state index < -0.39 is 0 Å². The number of pyridine rings is 1. The third-order valence-corrected chi connectivity index (χ3v) is 3.73. The molecule has 0 radical (unpaired) electrons. The second-order valence-electron chi connectivity index (χ2n) is 3.57. The Morgan fingerprint density at radius 1 is 1.50 bits per heavy atom. The Morgan fingerprint density at radius 3 is 3.10 bits per heavy atom. The summed E-state index contributed by atoms with van der Waals surface area (Å²) >= 11 is 8.61. The predicted molar refractivity (Wildman–Crippen MR) is 80.1 cm³/mol. The van der Waals surface area contributed by atoms with E-state index in [1.165, 1.54) is 11.8 Å². The van der Waals surface area contributed by atoms with Crippen LogP contribution in [0.2, 0.25) is 5.15 Å². The van der Waals surface area contributed by atoms with E-state index in [9.17, 15) is 4.79 Å². The normalized spacial score (nSPS) is 10.5. The molecule has 0 atom stereocenters. The van der Waals surface area contributed by atoms with Crippen molar-refractivity contribution >= 4 is 46.7 Å². The molecule has 6 nitrogen and oxygen atoms in total. The van der Waals surface area contributed by atoms with Gasteiger partial charge in [0, 0.05) is 6.20 Å². The standard InChI is InChI=1S/C11H11ClN4O2S2/c1-19-6-9-15-16-11(18-9)20-5-8(17)14-7-3-2-4-13-10(7)12/h2-4H,5-6H2,1H3,(H,14,17). The number of carbonyl (C=O) groups is 1. The Morgan fingerprint density at radius 2 is 2.35 bits per heavy atom. The lowest BCUT2D eigenvalue weighted by Gasteiger charge is -2.04. The lowest BCUT2D eigenvalue weighted by atomic mass is 10.4. The summed E-state index contributed by atoms with van der Waals surface area (Å²) in [6.07, 6.45) is 3.50. The van der Waals surface area contributed by atoms with Crippen molar-refractivity contribution in [3.63, 3.8) is 0 Å². The molecule has 1 amide bonds. The van der Waals surface area contributed by atoms with Crippen LogP contribution in [0.3, 0.4) is 0 Å². The molecule has 0 aliphatic rings. The molecule has 1 N–H and O–H groups in total. The van der Waals surface area contributed by atoms with Crippen molar-refractivity contribution in [3.8, 4) is 0 Å². The molecule has 9 heteroatoms. The summed E-state index contributed by atoms with van der Waals surface area (Å²) in [5.41, 5.74) is 0.480. The maximum Gasteiger partial charge on any atom is 0.277 e. The number of rotatable bonds is 6. The number of hydrogen-bond acceptors (Lipinski definition) is 7. The zero-order valence-corrected chi connectivity index (χ0v) is 12.9. The molecule has 106 valence electrons. The molecule has 2 rings (SSSR count). The first kappa shape index (κ1) is 15.1. The minimum Gasteiger partial charge on any atom is -0.415 e. The van der Waals surface area contributed by atoms with Gasteiger partial charge in [0.25, 0.3) is 5.22 Å². The molecule has 0 aromatic carbocycles. The Kier molecular flexibility index (Phi) is 5.69. The number of thioether (sulfide) groups is 2. The first-order chi connectivity index (χ1) is 9.69. The van der Waals surface area contributed by atoms with Crippen LogP contribution in [0.25, 0.3) is 0 Å². The lowest BCUT2D eigenvalue weighted by molar-refractivity contribution is -0.113. The van der Waals surface area contributed by atoms with E-state index >= 15 is 0 Å². The van der Waals surface area contributed by atoms with Crippen molar-refractivity contribution in [2.75, 3.05) is 17.3 Å². The van der Waals surface area contributed by atoms with Crippen molar-refractivity contribution in [1.29, 1.82) is 0 Å². The molecule has 0 fully saturated rings. The van der Waals surface area contributed by atoms with Gasteiger partial charge in [-0.05, 0) is 18.4 Å². The smallest absolute Gasteiger partial charge is 0.277 e. The van der Waals surface area contributed by atoms with E-state index in [0.29, 0.717) is 22.6 Å². The number of nitrogens with one attached hydrogen (secondary N) is 1. The maximum atomic E-state index is 11.8. The summed E-state index contributed by atoms with van der Waals surface area (Å²) in [7, 11) is 0. The fourth-order valence-electron chi connectivity index (χ4n) is 1.27. The largest absolute Gasteiger partial charge is 0.415 e. The fraction of sp³-hybridized carbons (Fsp3) is 0.273. The fourth-order valence-corrected chi connectivity index (χ4v) is 2.38. The van der Waals surface area contributed by atoms with Gasteiger partial charge in [-0.3, -0.25) is 4.79 Å². The molecule has 0 spiro atoms. The van der Waals surface area contributed by atoms with Gasteiger partial charge in [0.15, 0.2) is 5.15 Å². The molecular weight excluding hydrogens is 320 g/mol. The lowest BCUT2D eigenvalue weighted by Crippen LogP contribution is -2.14. The first-order valence-corrected chi connectivity index (χ1v) is 8.29. The minimum atomic E-state index is -0.213. The molecule has 0 aliphatic heterocycles. The molecule has 2 aromatic rings. The van der Waals surface area contributed by atoms with E-state index in [1.807, 2.05) is 6.26 Å². The van der Waals surface area contributed by atoms with Crippen LogP contribution in [-0.4, -0.2) is 33.1 Å². The van der Waals surface area contributed by atoms with Gasteiger partial charge < -0.3 is 9.73 Å². The topological polar surface area (TPSA) is 80.9 Å². The Balaban J connectivity index is 1.84. The molecule has 2 heterocycles. The van der Waals surface area contributed by atoms with Crippen molar-refractivity contribution in [1.82, 2.24) is 15.2 Å². The van der Waals surface area contributed by atoms with Crippen LogP contribution >= 0.6 is 35.1 Å². The average molecular weight is 331 g/mol. The van der Waals surface area contributed by atoms with Crippen LogP contribution < -0.4 is 5.32 Å². The number of hydrogen-bond donors (Lipinski definition) is 1. The van der Waals surface area contributed by atoms with Gasteiger partial charge in [-0.15, -0.1) is 10.2 Å². The zero-order chi connectivity index (χ0) is 14.4. The highest BCUT2D eigenvalue weighted by Gasteiger charge is 2.10. The Labute approximate surface area is 129 Å². The Hall–Kier alpha value is -1.25. The first-order valence-electron chi connectivity index (χ1n) is 5.53. The summed E-state index contributed by atoms with van der Waals surface area (Å²) in [6.45, 7) is 0.